The van der Waals surface area contributed by atoms with E-state index in [1.807, 2.05) is 7.05 Å². The predicted octanol–water partition coefficient (Wildman–Crippen LogP) is 2.92. The molecule has 2 rings (SSSR count). The van der Waals surface area contributed by atoms with E-state index < -0.39 is 0 Å². The molecular formula is C18H28N2O. The fourth-order valence-electron chi connectivity index (χ4n) is 3.20. The van der Waals surface area contributed by atoms with Crippen molar-refractivity contribution < 1.29 is 4.79 Å². The van der Waals surface area contributed by atoms with Crippen LogP contribution in [0.5, 0.6) is 0 Å². The minimum Gasteiger partial charge on any atom is -0.340 e. The number of benzene rings is 1. The normalized spacial score (nSPS) is 18.8. The smallest absolute Gasteiger partial charge is 0.223 e. The summed E-state index contributed by atoms with van der Waals surface area (Å²) in [5.41, 5.74) is 2.54. The monoisotopic (exact) mass is 288 g/mol. The maximum Gasteiger partial charge on any atom is 0.223 e. The van der Waals surface area contributed by atoms with E-state index in [0.29, 0.717) is 18.4 Å². The Morgan fingerprint density at radius 2 is 2.24 bits per heavy atom. The molecular weight excluding hydrogens is 260 g/mol. The number of amides is 1. The molecule has 1 fully saturated rings. The van der Waals surface area contributed by atoms with Gasteiger partial charge >= 0.3 is 0 Å². The first-order valence-corrected chi connectivity index (χ1v) is 8.20. The molecule has 3 nitrogen and oxygen atoms in total. The lowest BCUT2D eigenvalue weighted by molar-refractivity contribution is -0.134. The zero-order chi connectivity index (χ0) is 15.1. The van der Waals surface area contributed by atoms with Crippen LogP contribution in [0.3, 0.4) is 0 Å². The third-order valence-electron chi connectivity index (χ3n) is 4.39. The van der Waals surface area contributed by atoms with E-state index in [-0.39, 0.29) is 0 Å². The van der Waals surface area contributed by atoms with Gasteiger partial charge in [0, 0.05) is 19.0 Å². The van der Waals surface area contributed by atoms with Gasteiger partial charge in [-0.3, -0.25) is 4.79 Å². The Labute approximate surface area is 128 Å². The summed E-state index contributed by atoms with van der Waals surface area (Å²) in [6, 6.07) is 8.92. The van der Waals surface area contributed by atoms with Crippen LogP contribution >= 0.6 is 0 Å². The van der Waals surface area contributed by atoms with Crippen LogP contribution in [0.1, 0.15) is 43.2 Å². The molecule has 0 saturated carbocycles. The summed E-state index contributed by atoms with van der Waals surface area (Å²) >= 11 is 0. The van der Waals surface area contributed by atoms with Gasteiger partial charge in [-0.25, -0.2) is 0 Å². The molecule has 116 valence electrons. The number of piperidine rings is 1. The number of hydrogen-bond acceptors (Lipinski definition) is 2. The Balaban J connectivity index is 1.88. The third kappa shape index (κ3) is 4.85. The van der Waals surface area contributed by atoms with Crippen molar-refractivity contribution in [2.45, 2.75) is 51.5 Å². The number of carbonyl (C=O) groups is 1. The number of aryl methyl sites for hydroxylation is 2. The van der Waals surface area contributed by atoms with Crippen molar-refractivity contribution in [3.05, 3.63) is 35.4 Å². The van der Waals surface area contributed by atoms with Crippen molar-refractivity contribution in [1.29, 1.82) is 0 Å². The van der Waals surface area contributed by atoms with E-state index in [9.17, 15) is 4.79 Å². The number of nitrogens with zero attached hydrogens (tertiary/aromatic N) is 1. The summed E-state index contributed by atoms with van der Waals surface area (Å²) in [6.07, 6.45) is 6.15. The quantitative estimate of drug-likeness (QED) is 0.873. The van der Waals surface area contributed by atoms with Gasteiger partial charge in [-0.1, -0.05) is 29.8 Å². The second kappa shape index (κ2) is 8.18. The zero-order valence-corrected chi connectivity index (χ0v) is 13.4. The van der Waals surface area contributed by atoms with Crippen LogP contribution in [-0.4, -0.2) is 37.0 Å². The summed E-state index contributed by atoms with van der Waals surface area (Å²) < 4.78 is 0. The highest BCUT2D eigenvalue weighted by atomic mass is 16.2. The standard InChI is InChI=1S/C18H28N2O/c1-15-6-5-7-16(14-15)9-10-18(21)20-13-4-3-8-17(20)11-12-19-2/h5-7,14,17,19H,3-4,8-13H2,1-2H3. The first-order chi connectivity index (χ1) is 10.2. The molecule has 21 heavy (non-hydrogen) atoms. The molecule has 1 saturated heterocycles. The molecule has 1 amide bonds. The molecule has 0 bridgehead atoms. The molecule has 1 aromatic rings. The fourth-order valence-corrected chi connectivity index (χ4v) is 3.20. The zero-order valence-electron chi connectivity index (χ0n) is 13.4. The van der Waals surface area contributed by atoms with Gasteiger partial charge < -0.3 is 10.2 Å². The van der Waals surface area contributed by atoms with Crippen LogP contribution in [0, 0.1) is 6.92 Å². The van der Waals surface area contributed by atoms with Crippen LogP contribution in [0.15, 0.2) is 24.3 Å². The van der Waals surface area contributed by atoms with Crippen LogP contribution in [0.2, 0.25) is 0 Å². The van der Waals surface area contributed by atoms with Gasteiger partial charge in [-0.2, -0.15) is 0 Å². The summed E-state index contributed by atoms with van der Waals surface area (Å²) in [5, 5.41) is 3.20. The van der Waals surface area contributed by atoms with Crippen LogP contribution in [-0.2, 0) is 11.2 Å². The summed E-state index contributed by atoms with van der Waals surface area (Å²) in [7, 11) is 1.98. The van der Waals surface area contributed by atoms with Crippen molar-refractivity contribution in [1.82, 2.24) is 10.2 Å². The van der Waals surface area contributed by atoms with E-state index in [4.69, 9.17) is 0 Å². The number of carbonyl (C=O) groups excluding carboxylic acids is 1. The van der Waals surface area contributed by atoms with E-state index in [0.717, 1.165) is 38.8 Å². The van der Waals surface area contributed by atoms with E-state index in [1.165, 1.54) is 17.5 Å². The van der Waals surface area contributed by atoms with E-state index >= 15 is 0 Å². The second-order valence-corrected chi connectivity index (χ2v) is 6.12. The molecule has 1 atom stereocenters. The Hall–Kier alpha value is -1.35. The third-order valence-corrected chi connectivity index (χ3v) is 4.39. The number of hydrogen-bond donors (Lipinski definition) is 1. The fraction of sp³-hybridized carbons (Fsp3) is 0.611. The lowest BCUT2D eigenvalue weighted by Gasteiger charge is -2.36. The van der Waals surface area contributed by atoms with Crippen LogP contribution < -0.4 is 5.32 Å². The van der Waals surface area contributed by atoms with Gasteiger partial charge in [-0.15, -0.1) is 0 Å². The minimum atomic E-state index is 0.331. The number of nitrogens with one attached hydrogen (secondary N) is 1. The topological polar surface area (TPSA) is 32.3 Å². The molecule has 1 aromatic carbocycles. The molecule has 0 aliphatic carbocycles. The molecule has 1 aliphatic heterocycles. The van der Waals surface area contributed by atoms with Crippen molar-refractivity contribution in [3.8, 4) is 0 Å². The van der Waals surface area contributed by atoms with Crippen LogP contribution in [0.4, 0.5) is 0 Å². The van der Waals surface area contributed by atoms with E-state index in [2.05, 4.69) is 41.4 Å². The molecule has 1 heterocycles. The molecule has 1 unspecified atom stereocenters. The molecule has 1 N–H and O–H groups in total. The summed E-state index contributed by atoms with van der Waals surface area (Å²) in [6.45, 7) is 4.04. The van der Waals surface area contributed by atoms with Gasteiger partial charge in [0.05, 0.1) is 0 Å². The van der Waals surface area contributed by atoms with E-state index in [1.54, 1.807) is 0 Å². The number of rotatable bonds is 6. The van der Waals surface area contributed by atoms with Gasteiger partial charge in [0.1, 0.15) is 0 Å². The highest BCUT2D eigenvalue weighted by Gasteiger charge is 2.25. The molecule has 0 aromatic heterocycles. The highest BCUT2D eigenvalue weighted by Crippen LogP contribution is 2.21. The first-order valence-electron chi connectivity index (χ1n) is 8.20. The SMILES string of the molecule is CNCCC1CCCCN1C(=O)CCc1cccc(C)c1. The Kier molecular flexibility index (Phi) is 6.24. The van der Waals surface area contributed by atoms with Crippen molar-refractivity contribution in [2.75, 3.05) is 20.1 Å². The largest absolute Gasteiger partial charge is 0.340 e. The van der Waals surface area contributed by atoms with Gasteiger partial charge in [0.2, 0.25) is 5.91 Å². The highest BCUT2D eigenvalue weighted by molar-refractivity contribution is 5.77. The Morgan fingerprint density at radius 1 is 1.38 bits per heavy atom. The lowest BCUT2D eigenvalue weighted by Crippen LogP contribution is -2.44. The van der Waals surface area contributed by atoms with Crippen molar-refractivity contribution in [2.24, 2.45) is 0 Å². The number of likely N-dealkylation sites (tertiary alicyclic amines) is 1. The van der Waals surface area contributed by atoms with Gasteiger partial charge in [-0.05, 0) is 58.2 Å². The molecule has 1 aliphatic rings. The predicted molar refractivity (Wildman–Crippen MR) is 87.4 cm³/mol. The second-order valence-electron chi connectivity index (χ2n) is 6.12. The van der Waals surface area contributed by atoms with Crippen LogP contribution in [0.25, 0.3) is 0 Å². The summed E-state index contributed by atoms with van der Waals surface area (Å²) in [4.78, 5) is 14.7. The lowest BCUT2D eigenvalue weighted by atomic mass is 9.98. The van der Waals surface area contributed by atoms with Gasteiger partial charge in [0.25, 0.3) is 0 Å². The molecule has 0 radical (unpaired) electrons. The Morgan fingerprint density at radius 3 is 3.00 bits per heavy atom. The van der Waals surface area contributed by atoms with Gasteiger partial charge in [0.15, 0.2) is 0 Å². The molecule has 3 heteroatoms. The average Bonchev–Trinajstić information content (AvgIpc) is 2.51. The first kappa shape index (κ1) is 16.0. The maximum absolute atomic E-state index is 12.5. The Bertz CT molecular complexity index is 458. The van der Waals surface area contributed by atoms with Crippen molar-refractivity contribution in [3.63, 3.8) is 0 Å². The van der Waals surface area contributed by atoms with Crippen molar-refractivity contribution >= 4 is 5.91 Å². The average molecular weight is 288 g/mol. The molecule has 0 spiro atoms. The summed E-state index contributed by atoms with van der Waals surface area (Å²) in [5.74, 6) is 0.331. The maximum atomic E-state index is 12.5. The minimum absolute atomic E-state index is 0.331.